The molecule has 0 saturated carbocycles. The van der Waals surface area contributed by atoms with E-state index in [1.54, 1.807) is 0 Å². The van der Waals surface area contributed by atoms with Crippen LogP contribution in [0, 0.1) is 5.82 Å². The van der Waals surface area contributed by atoms with Crippen LogP contribution in [0.2, 0.25) is 10.0 Å². The molecule has 0 amide bonds. The lowest BCUT2D eigenvalue weighted by atomic mass is 9.86. The molecule has 4 rings (SSSR count). The topological polar surface area (TPSA) is 56.1 Å². The lowest BCUT2D eigenvalue weighted by Crippen LogP contribution is -2.31. The standard InChI is InChI=1S/C21H13Cl2F4N3O2S/c1-20(16(19(31)33)17(29-32-20)15-13(23)6-3-7-14(15)24)12-9-28-30(18(12)21(25,26)27)11-5-2-4-10(22)8-11/h2-9,29H,1H3,(H,31,33). The van der Waals surface area contributed by atoms with Crippen LogP contribution in [-0.4, -0.2) is 14.9 Å². The molecule has 0 aliphatic carbocycles. The molecule has 33 heavy (non-hydrogen) atoms. The Morgan fingerprint density at radius 2 is 1.91 bits per heavy atom. The number of nitrogens with one attached hydrogen (secondary N) is 1. The van der Waals surface area contributed by atoms with Crippen LogP contribution in [0.5, 0.6) is 0 Å². The summed E-state index contributed by atoms with van der Waals surface area (Å²) in [7, 11) is 0. The number of hydrogen-bond donors (Lipinski definition) is 2. The van der Waals surface area contributed by atoms with E-state index in [9.17, 15) is 22.4 Å². The summed E-state index contributed by atoms with van der Waals surface area (Å²) < 4.78 is 58.0. The zero-order valence-corrected chi connectivity index (χ0v) is 19.0. The summed E-state index contributed by atoms with van der Waals surface area (Å²) in [5, 5.41) is 3.06. The Kier molecular flexibility index (Phi) is 5.98. The Morgan fingerprint density at radius 1 is 1.21 bits per heavy atom. The molecular formula is C21H13Cl2F4N3O2S. The van der Waals surface area contributed by atoms with Crippen LogP contribution < -0.4 is 5.48 Å². The number of nitrogens with zero attached hydrogens (tertiary/aromatic N) is 2. The number of halogens is 6. The van der Waals surface area contributed by atoms with E-state index in [0.29, 0.717) is 4.68 Å². The quantitative estimate of drug-likeness (QED) is 0.331. The van der Waals surface area contributed by atoms with Crippen molar-refractivity contribution >= 4 is 46.6 Å². The summed E-state index contributed by atoms with van der Waals surface area (Å²) in [6.07, 6.45) is -3.99. The molecule has 0 saturated heterocycles. The maximum absolute atomic E-state index is 14.6. The maximum atomic E-state index is 14.6. The number of benzene rings is 2. The van der Waals surface area contributed by atoms with Crippen molar-refractivity contribution in [3.05, 3.63) is 86.9 Å². The van der Waals surface area contributed by atoms with Gasteiger partial charge in [-0.3, -0.25) is 15.1 Å². The molecule has 0 bridgehead atoms. The number of hydrogen-bond acceptors (Lipinski definition) is 4. The van der Waals surface area contributed by atoms with Gasteiger partial charge in [-0.1, -0.05) is 35.3 Å². The lowest BCUT2D eigenvalue weighted by molar-refractivity contribution is -0.146. The highest BCUT2D eigenvalue weighted by Gasteiger charge is 2.51. The Morgan fingerprint density at radius 3 is 2.52 bits per heavy atom. The third-order valence-corrected chi connectivity index (χ3v) is 5.89. The first-order valence-corrected chi connectivity index (χ1v) is 10.4. The van der Waals surface area contributed by atoms with E-state index in [0.717, 1.165) is 12.3 Å². The van der Waals surface area contributed by atoms with Gasteiger partial charge < -0.3 is 0 Å². The molecule has 172 valence electrons. The monoisotopic (exact) mass is 517 g/mol. The minimum Gasteiger partial charge on any atom is -0.282 e. The van der Waals surface area contributed by atoms with Crippen LogP contribution in [0.15, 0.2) is 54.2 Å². The summed E-state index contributed by atoms with van der Waals surface area (Å²) in [4.78, 5) is 18.0. The molecule has 1 atom stereocenters. The van der Waals surface area contributed by atoms with E-state index in [2.05, 4.69) is 23.2 Å². The van der Waals surface area contributed by atoms with Crippen molar-refractivity contribution < 1.29 is 27.2 Å². The molecule has 1 aromatic heterocycles. The normalized spacial score (nSPS) is 18.5. The van der Waals surface area contributed by atoms with E-state index >= 15 is 0 Å². The Labute approximate surface area is 200 Å². The van der Waals surface area contributed by atoms with Crippen LogP contribution in [0.1, 0.15) is 23.7 Å². The zero-order chi connectivity index (χ0) is 24.1. The van der Waals surface area contributed by atoms with Crippen LogP contribution in [0.4, 0.5) is 17.6 Å². The maximum Gasteiger partial charge on any atom is 0.433 e. The van der Waals surface area contributed by atoms with Crippen molar-refractivity contribution in [2.24, 2.45) is 0 Å². The average molecular weight is 518 g/mol. The minimum absolute atomic E-state index is 0.0377. The summed E-state index contributed by atoms with van der Waals surface area (Å²) in [6.45, 7) is 1.22. The first-order chi connectivity index (χ1) is 15.4. The van der Waals surface area contributed by atoms with Gasteiger partial charge in [-0.15, -0.1) is 12.6 Å². The summed E-state index contributed by atoms with van der Waals surface area (Å²) >= 11 is 15.9. The van der Waals surface area contributed by atoms with Crippen LogP contribution in [0.25, 0.3) is 11.4 Å². The molecule has 0 fully saturated rings. The fourth-order valence-electron chi connectivity index (χ4n) is 3.68. The molecule has 1 aliphatic heterocycles. The fraction of sp³-hybridized carbons (Fsp3) is 0.143. The predicted octanol–water partition coefficient (Wildman–Crippen LogP) is 5.95. The van der Waals surface area contributed by atoms with E-state index in [1.165, 1.54) is 43.3 Å². The molecule has 1 N–H and O–H groups in total. The number of rotatable bonds is 4. The van der Waals surface area contributed by atoms with Crippen molar-refractivity contribution in [3.8, 4) is 5.69 Å². The molecular weight excluding hydrogens is 505 g/mol. The van der Waals surface area contributed by atoms with E-state index in [-0.39, 0.29) is 32.6 Å². The van der Waals surface area contributed by atoms with Gasteiger partial charge in [0.15, 0.2) is 11.3 Å². The van der Waals surface area contributed by atoms with E-state index < -0.39 is 34.0 Å². The molecule has 2 heterocycles. The number of alkyl halides is 3. The van der Waals surface area contributed by atoms with Gasteiger partial charge in [-0.2, -0.15) is 18.3 Å². The highest BCUT2D eigenvalue weighted by molar-refractivity contribution is 7.97. The van der Waals surface area contributed by atoms with Gasteiger partial charge in [-0.05, 0) is 37.3 Å². The SMILES string of the molecule is CC1(c2cnn(-c3cccc(Cl)c3)c2C(F)(F)F)ONC(c2c(F)cccc2Cl)=C1C(=O)S. The average Bonchev–Trinajstić information content (AvgIpc) is 3.31. The summed E-state index contributed by atoms with van der Waals surface area (Å²) in [5.74, 6) is -0.810. The molecule has 12 heteroatoms. The highest BCUT2D eigenvalue weighted by Crippen LogP contribution is 2.48. The summed E-state index contributed by atoms with van der Waals surface area (Å²) in [6, 6.07) is 9.45. The largest absolute Gasteiger partial charge is 0.433 e. The molecule has 5 nitrogen and oxygen atoms in total. The van der Waals surface area contributed by atoms with Gasteiger partial charge >= 0.3 is 6.18 Å². The van der Waals surface area contributed by atoms with Gasteiger partial charge in [0.2, 0.25) is 5.12 Å². The third kappa shape index (κ3) is 4.01. The number of carbonyl (C=O) groups is 1. The Hall–Kier alpha value is -2.53. The smallest absolute Gasteiger partial charge is 0.282 e. The summed E-state index contributed by atoms with van der Waals surface area (Å²) in [5.41, 5.74) is -2.17. The van der Waals surface area contributed by atoms with Crippen molar-refractivity contribution in [1.29, 1.82) is 0 Å². The highest BCUT2D eigenvalue weighted by atomic mass is 35.5. The van der Waals surface area contributed by atoms with E-state index in [1.807, 2.05) is 0 Å². The number of aromatic nitrogens is 2. The minimum atomic E-state index is -4.91. The Balaban J connectivity index is 1.99. The van der Waals surface area contributed by atoms with Gasteiger partial charge in [0.05, 0.1) is 33.7 Å². The Bertz CT molecular complexity index is 1290. The molecule has 0 spiro atoms. The van der Waals surface area contributed by atoms with Crippen molar-refractivity contribution in [2.45, 2.75) is 18.7 Å². The molecule has 1 aliphatic rings. The van der Waals surface area contributed by atoms with Crippen molar-refractivity contribution in [1.82, 2.24) is 15.3 Å². The zero-order valence-electron chi connectivity index (χ0n) is 16.5. The van der Waals surface area contributed by atoms with Crippen LogP contribution >= 0.6 is 35.8 Å². The van der Waals surface area contributed by atoms with E-state index in [4.69, 9.17) is 28.0 Å². The molecule has 2 aromatic carbocycles. The van der Waals surface area contributed by atoms with Gasteiger partial charge in [0.25, 0.3) is 0 Å². The number of carbonyl (C=O) groups excluding carboxylic acids is 1. The number of thiol groups is 1. The van der Waals surface area contributed by atoms with Crippen molar-refractivity contribution in [3.63, 3.8) is 0 Å². The predicted molar refractivity (Wildman–Crippen MR) is 117 cm³/mol. The third-order valence-electron chi connectivity index (χ3n) is 5.12. The van der Waals surface area contributed by atoms with Gasteiger partial charge in [0, 0.05) is 10.6 Å². The fourth-order valence-corrected chi connectivity index (χ4v) is 4.45. The van der Waals surface area contributed by atoms with Crippen LogP contribution in [-0.2, 0) is 21.4 Å². The number of hydroxylamine groups is 1. The molecule has 3 aromatic rings. The lowest BCUT2D eigenvalue weighted by Gasteiger charge is -2.25. The van der Waals surface area contributed by atoms with Gasteiger partial charge in [0.1, 0.15) is 5.82 Å². The first kappa shape index (κ1) is 23.6. The molecule has 0 radical (unpaired) electrons. The van der Waals surface area contributed by atoms with Crippen LogP contribution in [0.3, 0.4) is 0 Å². The first-order valence-electron chi connectivity index (χ1n) is 9.23. The second kappa shape index (κ2) is 8.35. The van der Waals surface area contributed by atoms with Gasteiger partial charge in [-0.25, -0.2) is 9.07 Å². The van der Waals surface area contributed by atoms with Crippen molar-refractivity contribution in [2.75, 3.05) is 0 Å². The second-order valence-corrected chi connectivity index (χ2v) is 8.44. The second-order valence-electron chi connectivity index (χ2n) is 7.19. The molecule has 1 unspecified atom stereocenters.